The molecule has 2 rings (SSSR count). The van der Waals surface area contributed by atoms with Crippen molar-refractivity contribution in [2.75, 3.05) is 17.6 Å². The molecule has 0 radical (unpaired) electrons. The van der Waals surface area contributed by atoms with Crippen molar-refractivity contribution < 1.29 is 9.90 Å². The highest BCUT2D eigenvalue weighted by Gasteiger charge is 2.20. The predicted octanol–water partition coefficient (Wildman–Crippen LogP) is 3.61. The van der Waals surface area contributed by atoms with Crippen LogP contribution in [0.2, 0.25) is 0 Å². The van der Waals surface area contributed by atoms with Crippen molar-refractivity contribution in [3.63, 3.8) is 0 Å². The molecule has 0 aliphatic heterocycles. The number of hydrogen-bond acceptors (Lipinski definition) is 3. The molecule has 1 aliphatic rings. The molecule has 5 heteroatoms. The zero-order valence-corrected chi connectivity index (χ0v) is 14.0. The molecular formula is C17H26N2O2S. The highest BCUT2D eigenvalue weighted by molar-refractivity contribution is 7.98. The Balaban J connectivity index is 1.76. The van der Waals surface area contributed by atoms with Crippen LogP contribution >= 0.6 is 11.8 Å². The monoisotopic (exact) mass is 322 g/mol. The van der Waals surface area contributed by atoms with Gasteiger partial charge in [0, 0.05) is 18.0 Å². The highest BCUT2D eigenvalue weighted by Crippen LogP contribution is 2.23. The molecule has 0 heterocycles. The van der Waals surface area contributed by atoms with Gasteiger partial charge in [0.05, 0.1) is 6.10 Å². The van der Waals surface area contributed by atoms with Gasteiger partial charge in [0.2, 0.25) is 0 Å². The fraction of sp³-hybridized carbons (Fsp3) is 0.588. The van der Waals surface area contributed by atoms with E-state index in [9.17, 15) is 9.90 Å². The minimum atomic E-state index is -0.198. The van der Waals surface area contributed by atoms with E-state index in [1.54, 1.807) is 0 Å². The van der Waals surface area contributed by atoms with Crippen LogP contribution in [0.4, 0.5) is 10.5 Å². The van der Waals surface area contributed by atoms with E-state index in [-0.39, 0.29) is 12.1 Å². The molecule has 0 bridgehead atoms. The van der Waals surface area contributed by atoms with Gasteiger partial charge in [-0.1, -0.05) is 25.5 Å². The van der Waals surface area contributed by atoms with Gasteiger partial charge in [-0.15, -0.1) is 0 Å². The van der Waals surface area contributed by atoms with E-state index in [0.717, 1.165) is 42.9 Å². The van der Waals surface area contributed by atoms with Gasteiger partial charge in [-0.3, -0.25) is 0 Å². The number of hydrogen-bond donors (Lipinski definition) is 3. The van der Waals surface area contributed by atoms with Crippen LogP contribution in [0.3, 0.4) is 0 Å². The molecule has 2 amide bonds. The number of carbonyl (C=O) groups is 1. The van der Waals surface area contributed by atoms with Crippen LogP contribution in [0.15, 0.2) is 24.3 Å². The molecule has 1 aromatic carbocycles. The zero-order chi connectivity index (χ0) is 15.8. The van der Waals surface area contributed by atoms with E-state index >= 15 is 0 Å². The fourth-order valence-corrected chi connectivity index (χ4v) is 3.44. The fourth-order valence-electron chi connectivity index (χ4n) is 2.82. The lowest BCUT2D eigenvalue weighted by Gasteiger charge is -2.25. The first-order valence-corrected chi connectivity index (χ1v) is 9.22. The Morgan fingerprint density at radius 2 is 2.27 bits per heavy atom. The van der Waals surface area contributed by atoms with E-state index in [2.05, 4.69) is 23.6 Å². The molecule has 122 valence electrons. The highest BCUT2D eigenvalue weighted by atomic mass is 32.2. The first-order chi connectivity index (χ1) is 10.7. The molecule has 1 fully saturated rings. The van der Waals surface area contributed by atoms with Crippen molar-refractivity contribution in [2.24, 2.45) is 5.92 Å². The number of aliphatic hydroxyl groups excluding tert-OH is 1. The average Bonchev–Trinajstić information content (AvgIpc) is 2.51. The SMILES string of the molecule is CCSCc1cccc(NC(=O)NCC2CCCC(O)C2)c1. The van der Waals surface area contributed by atoms with Crippen LogP contribution < -0.4 is 10.6 Å². The van der Waals surface area contributed by atoms with E-state index in [1.807, 2.05) is 30.0 Å². The Kier molecular flexibility index (Phi) is 7.06. The normalized spacial score (nSPS) is 21.4. The van der Waals surface area contributed by atoms with Crippen LogP contribution in [0.25, 0.3) is 0 Å². The summed E-state index contributed by atoms with van der Waals surface area (Å²) >= 11 is 1.87. The maximum Gasteiger partial charge on any atom is 0.319 e. The lowest BCUT2D eigenvalue weighted by molar-refractivity contribution is 0.101. The summed E-state index contributed by atoms with van der Waals surface area (Å²) in [5, 5.41) is 15.5. The summed E-state index contributed by atoms with van der Waals surface area (Å²) in [6, 6.07) is 7.81. The summed E-state index contributed by atoms with van der Waals surface area (Å²) in [4.78, 5) is 12.0. The van der Waals surface area contributed by atoms with Crippen LogP contribution in [0, 0.1) is 5.92 Å². The number of anilines is 1. The summed E-state index contributed by atoms with van der Waals surface area (Å²) in [7, 11) is 0. The number of nitrogens with one attached hydrogen (secondary N) is 2. The molecule has 3 N–H and O–H groups in total. The van der Waals surface area contributed by atoms with Crippen molar-refractivity contribution in [3.8, 4) is 0 Å². The van der Waals surface area contributed by atoms with Gasteiger partial charge in [-0.2, -0.15) is 11.8 Å². The molecule has 0 spiro atoms. The van der Waals surface area contributed by atoms with Crippen molar-refractivity contribution in [3.05, 3.63) is 29.8 Å². The van der Waals surface area contributed by atoms with E-state index in [4.69, 9.17) is 0 Å². The third-order valence-electron chi connectivity index (χ3n) is 3.96. The largest absolute Gasteiger partial charge is 0.393 e. The Hall–Kier alpha value is -1.20. The van der Waals surface area contributed by atoms with Gasteiger partial charge in [-0.05, 0) is 48.6 Å². The standard InChI is InChI=1S/C17H26N2O2S/c1-2-22-12-14-6-3-7-15(9-14)19-17(21)18-11-13-5-4-8-16(20)10-13/h3,6-7,9,13,16,20H,2,4-5,8,10-12H2,1H3,(H2,18,19,21). The van der Waals surface area contributed by atoms with Gasteiger partial charge < -0.3 is 15.7 Å². The average molecular weight is 322 g/mol. The lowest BCUT2D eigenvalue weighted by atomic mass is 9.87. The minimum Gasteiger partial charge on any atom is -0.393 e. The van der Waals surface area contributed by atoms with E-state index < -0.39 is 0 Å². The molecule has 2 atom stereocenters. The Labute approximate surface area is 137 Å². The number of carbonyl (C=O) groups excluding carboxylic acids is 1. The summed E-state index contributed by atoms with van der Waals surface area (Å²) < 4.78 is 0. The maximum atomic E-state index is 12.0. The first kappa shape index (κ1) is 17.2. The molecule has 0 saturated heterocycles. The predicted molar refractivity (Wildman–Crippen MR) is 93.3 cm³/mol. The van der Waals surface area contributed by atoms with Gasteiger partial charge in [0.1, 0.15) is 0 Å². The lowest BCUT2D eigenvalue weighted by Crippen LogP contribution is -2.35. The Bertz CT molecular complexity index is 481. The summed E-state index contributed by atoms with van der Waals surface area (Å²) in [5.41, 5.74) is 2.05. The third-order valence-corrected chi connectivity index (χ3v) is 4.91. The van der Waals surface area contributed by atoms with Crippen molar-refractivity contribution in [1.29, 1.82) is 0 Å². The van der Waals surface area contributed by atoms with E-state index in [0.29, 0.717) is 12.5 Å². The van der Waals surface area contributed by atoms with Gasteiger partial charge in [0.25, 0.3) is 0 Å². The number of rotatable bonds is 6. The van der Waals surface area contributed by atoms with Crippen molar-refractivity contribution in [2.45, 2.75) is 44.5 Å². The zero-order valence-electron chi connectivity index (χ0n) is 13.2. The number of thioether (sulfide) groups is 1. The summed E-state index contributed by atoms with van der Waals surface area (Å²) in [5.74, 6) is 2.45. The van der Waals surface area contributed by atoms with Crippen LogP contribution in [0.1, 0.15) is 38.2 Å². The molecular weight excluding hydrogens is 296 g/mol. The van der Waals surface area contributed by atoms with Gasteiger partial charge in [0.15, 0.2) is 0 Å². The van der Waals surface area contributed by atoms with Crippen molar-refractivity contribution >= 4 is 23.5 Å². The maximum absolute atomic E-state index is 12.0. The Morgan fingerprint density at radius 3 is 3.05 bits per heavy atom. The summed E-state index contributed by atoms with van der Waals surface area (Å²) in [6.07, 6.45) is 3.62. The van der Waals surface area contributed by atoms with Gasteiger partial charge >= 0.3 is 6.03 Å². The molecule has 4 nitrogen and oxygen atoms in total. The third kappa shape index (κ3) is 5.89. The number of urea groups is 1. The molecule has 1 aliphatic carbocycles. The second-order valence-corrected chi connectivity index (χ2v) is 7.13. The van der Waals surface area contributed by atoms with Crippen molar-refractivity contribution in [1.82, 2.24) is 5.32 Å². The second kappa shape index (κ2) is 9.06. The molecule has 1 saturated carbocycles. The minimum absolute atomic E-state index is 0.166. The molecule has 1 aromatic rings. The van der Waals surface area contributed by atoms with Crippen LogP contribution in [-0.2, 0) is 5.75 Å². The number of benzene rings is 1. The number of aliphatic hydroxyl groups is 1. The quantitative estimate of drug-likeness (QED) is 0.750. The first-order valence-electron chi connectivity index (χ1n) is 8.07. The smallest absolute Gasteiger partial charge is 0.319 e. The number of amides is 2. The molecule has 0 aromatic heterocycles. The van der Waals surface area contributed by atoms with Crippen LogP contribution in [0.5, 0.6) is 0 Å². The van der Waals surface area contributed by atoms with Gasteiger partial charge in [-0.25, -0.2) is 4.79 Å². The topological polar surface area (TPSA) is 61.4 Å². The molecule has 2 unspecified atom stereocenters. The summed E-state index contributed by atoms with van der Waals surface area (Å²) in [6.45, 7) is 2.77. The molecule has 22 heavy (non-hydrogen) atoms. The Morgan fingerprint density at radius 1 is 1.41 bits per heavy atom. The van der Waals surface area contributed by atoms with E-state index in [1.165, 1.54) is 5.56 Å². The van der Waals surface area contributed by atoms with Crippen LogP contribution in [-0.4, -0.2) is 29.5 Å². The second-order valence-electron chi connectivity index (χ2n) is 5.86.